The first kappa shape index (κ1) is 19.1. The Morgan fingerprint density at radius 3 is 2.54 bits per heavy atom. The van der Waals surface area contributed by atoms with Crippen molar-refractivity contribution < 1.29 is 14.3 Å². The Bertz CT molecular complexity index is 984. The summed E-state index contributed by atoms with van der Waals surface area (Å²) in [6, 6.07) is 18.4. The van der Waals surface area contributed by atoms with Gasteiger partial charge in [-0.25, -0.2) is 4.79 Å². The minimum atomic E-state index is -0.516. The van der Waals surface area contributed by atoms with Gasteiger partial charge in [-0.15, -0.1) is 0 Å². The number of benzene rings is 2. The van der Waals surface area contributed by atoms with Crippen LogP contribution in [-0.4, -0.2) is 24.0 Å². The van der Waals surface area contributed by atoms with Crippen LogP contribution in [0.2, 0.25) is 0 Å². The number of esters is 1. The molecule has 0 saturated heterocycles. The third-order valence-corrected chi connectivity index (χ3v) is 4.19. The molecule has 0 unspecified atom stereocenters. The Morgan fingerprint density at radius 2 is 1.79 bits per heavy atom. The van der Waals surface area contributed by atoms with E-state index in [-0.39, 0.29) is 11.3 Å². The number of pyridine rings is 1. The van der Waals surface area contributed by atoms with Gasteiger partial charge in [0.1, 0.15) is 5.69 Å². The number of aromatic nitrogens is 1. The van der Waals surface area contributed by atoms with E-state index in [4.69, 9.17) is 4.74 Å². The van der Waals surface area contributed by atoms with Crippen LogP contribution in [0.5, 0.6) is 0 Å². The summed E-state index contributed by atoms with van der Waals surface area (Å²) >= 11 is 0. The summed E-state index contributed by atoms with van der Waals surface area (Å²) in [4.78, 5) is 28.6. The first-order chi connectivity index (χ1) is 13.6. The molecule has 2 N–H and O–H groups in total. The number of nitrogens with zero attached hydrogens (tertiary/aromatic N) is 1. The van der Waals surface area contributed by atoms with E-state index in [9.17, 15) is 9.59 Å². The van der Waals surface area contributed by atoms with Gasteiger partial charge in [-0.1, -0.05) is 42.0 Å². The summed E-state index contributed by atoms with van der Waals surface area (Å²) in [7, 11) is 1.30. The molecule has 0 aliphatic rings. The molecule has 1 heterocycles. The molecule has 6 nitrogen and oxygen atoms in total. The predicted octanol–water partition coefficient (Wildman–Crippen LogP) is 4.04. The van der Waals surface area contributed by atoms with Gasteiger partial charge in [0.2, 0.25) is 0 Å². The lowest BCUT2D eigenvalue weighted by Gasteiger charge is -2.11. The van der Waals surface area contributed by atoms with Gasteiger partial charge in [0.05, 0.1) is 18.4 Å². The summed E-state index contributed by atoms with van der Waals surface area (Å²) in [5.74, 6) is -0.923. The number of carbonyl (C=O) groups excluding carboxylic acids is 2. The number of hydrogen-bond donors (Lipinski definition) is 2. The number of carbonyl (C=O) groups is 2. The van der Waals surface area contributed by atoms with Gasteiger partial charge in [0, 0.05) is 18.4 Å². The van der Waals surface area contributed by atoms with E-state index in [0.717, 1.165) is 11.3 Å². The molecule has 3 aromatic rings. The fourth-order valence-electron chi connectivity index (χ4n) is 2.64. The van der Waals surface area contributed by atoms with E-state index in [0.29, 0.717) is 12.2 Å². The number of aryl methyl sites for hydroxylation is 1. The second-order valence-electron chi connectivity index (χ2n) is 6.26. The van der Waals surface area contributed by atoms with Crippen molar-refractivity contribution in [1.29, 1.82) is 0 Å². The van der Waals surface area contributed by atoms with Gasteiger partial charge in [0.15, 0.2) is 0 Å². The molecule has 28 heavy (non-hydrogen) atoms. The Morgan fingerprint density at radius 1 is 1.04 bits per heavy atom. The summed E-state index contributed by atoms with van der Waals surface area (Å²) in [6.45, 7) is 2.68. The molecule has 0 aliphatic heterocycles. The highest BCUT2D eigenvalue weighted by molar-refractivity contribution is 6.07. The van der Waals surface area contributed by atoms with Crippen LogP contribution >= 0.6 is 0 Å². The highest BCUT2D eigenvalue weighted by atomic mass is 16.5. The van der Waals surface area contributed by atoms with Crippen molar-refractivity contribution in [2.45, 2.75) is 13.5 Å². The third kappa shape index (κ3) is 4.73. The second kappa shape index (κ2) is 8.81. The lowest BCUT2D eigenvalue weighted by atomic mass is 10.1. The number of anilines is 2. The quantitative estimate of drug-likeness (QED) is 0.636. The van der Waals surface area contributed by atoms with Crippen LogP contribution in [0.25, 0.3) is 0 Å². The molecule has 0 bridgehead atoms. The van der Waals surface area contributed by atoms with Gasteiger partial charge in [-0.2, -0.15) is 0 Å². The molecule has 0 fully saturated rings. The molecule has 2 aromatic carbocycles. The lowest BCUT2D eigenvalue weighted by molar-refractivity contribution is 0.0602. The van der Waals surface area contributed by atoms with Crippen molar-refractivity contribution >= 4 is 23.3 Å². The molecule has 0 saturated carbocycles. The largest absolute Gasteiger partial charge is 0.465 e. The average Bonchev–Trinajstić information content (AvgIpc) is 2.73. The first-order valence-electron chi connectivity index (χ1n) is 8.81. The second-order valence-corrected chi connectivity index (χ2v) is 6.26. The molecule has 6 heteroatoms. The summed E-state index contributed by atoms with van der Waals surface area (Å²) in [5.41, 5.74) is 4.03. The summed E-state index contributed by atoms with van der Waals surface area (Å²) < 4.78 is 4.75. The number of amides is 1. The first-order valence-corrected chi connectivity index (χ1v) is 8.81. The molecule has 1 aromatic heterocycles. The minimum Gasteiger partial charge on any atom is -0.465 e. The van der Waals surface area contributed by atoms with E-state index >= 15 is 0 Å². The van der Waals surface area contributed by atoms with Crippen molar-refractivity contribution in [1.82, 2.24) is 4.98 Å². The number of para-hydroxylation sites is 1. The van der Waals surface area contributed by atoms with Crippen LogP contribution in [0.15, 0.2) is 66.9 Å². The monoisotopic (exact) mass is 375 g/mol. The number of methoxy groups -OCH3 is 1. The molecule has 3 rings (SSSR count). The van der Waals surface area contributed by atoms with Crippen LogP contribution in [0.3, 0.4) is 0 Å². The van der Waals surface area contributed by atoms with Crippen LogP contribution in [0.4, 0.5) is 11.4 Å². The Hall–Kier alpha value is -3.67. The maximum absolute atomic E-state index is 12.6. The lowest BCUT2D eigenvalue weighted by Crippen LogP contribution is -2.16. The van der Waals surface area contributed by atoms with Crippen LogP contribution in [0.1, 0.15) is 32.0 Å². The highest BCUT2D eigenvalue weighted by Crippen LogP contribution is 2.18. The molecule has 0 atom stereocenters. The van der Waals surface area contributed by atoms with Crippen LogP contribution in [-0.2, 0) is 11.3 Å². The predicted molar refractivity (Wildman–Crippen MR) is 108 cm³/mol. The minimum absolute atomic E-state index is 0.244. The summed E-state index contributed by atoms with van der Waals surface area (Å²) in [6.07, 6.45) is 1.57. The van der Waals surface area contributed by atoms with E-state index in [2.05, 4.69) is 39.9 Å². The maximum atomic E-state index is 12.6. The van der Waals surface area contributed by atoms with E-state index in [1.807, 2.05) is 6.92 Å². The van der Waals surface area contributed by atoms with E-state index < -0.39 is 11.9 Å². The number of ether oxygens (including phenoxy) is 1. The Labute approximate surface area is 163 Å². The maximum Gasteiger partial charge on any atom is 0.339 e. The molecule has 0 aliphatic carbocycles. The smallest absolute Gasteiger partial charge is 0.339 e. The van der Waals surface area contributed by atoms with Crippen LogP contribution in [0, 0.1) is 6.92 Å². The Balaban J connectivity index is 1.70. The zero-order chi connectivity index (χ0) is 19.9. The van der Waals surface area contributed by atoms with Gasteiger partial charge < -0.3 is 15.4 Å². The highest BCUT2D eigenvalue weighted by Gasteiger charge is 2.15. The number of rotatable bonds is 6. The van der Waals surface area contributed by atoms with Crippen molar-refractivity contribution in [3.05, 3.63) is 89.2 Å². The van der Waals surface area contributed by atoms with E-state index in [1.54, 1.807) is 42.6 Å². The molecular formula is C22H21N3O3. The molecule has 0 spiro atoms. The number of hydrogen-bond acceptors (Lipinski definition) is 5. The van der Waals surface area contributed by atoms with Gasteiger partial charge in [-0.05, 0) is 36.8 Å². The standard InChI is InChI=1S/C22H21N3O3/c1-15-7-9-16(10-8-15)14-24-17-11-12-23-20(13-17)21(26)25-19-6-4-3-5-18(19)22(27)28-2/h3-13H,14H2,1-2H3,(H,23,24)(H,25,26). The molecule has 1 amide bonds. The van der Waals surface area contributed by atoms with E-state index in [1.165, 1.54) is 12.7 Å². The number of nitrogens with one attached hydrogen (secondary N) is 2. The van der Waals surface area contributed by atoms with Gasteiger partial charge in [-0.3, -0.25) is 9.78 Å². The normalized spacial score (nSPS) is 10.2. The topological polar surface area (TPSA) is 80.3 Å². The molecule has 0 radical (unpaired) electrons. The SMILES string of the molecule is COC(=O)c1ccccc1NC(=O)c1cc(NCc2ccc(C)cc2)ccn1. The fraction of sp³-hybridized carbons (Fsp3) is 0.136. The summed E-state index contributed by atoms with van der Waals surface area (Å²) in [5, 5.41) is 6.00. The Kier molecular flexibility index (Phi) is 6.01. The zero-order valence-corrected chi connectivity index (χ0v) is 15.7. The van der Waals surface area contributed by atoms with Crippen molar-refractivity contribution in [3.8, 4) is 0 Å². The van der Waals surface area contributed by atoms with Crippen LogP contribution < -0.4 is 10.6 Å². The van der Waals surface area contributed by atoms with Crippen molar-refractivity contribution in [3.63, 3.8) is 0 Å². The fourth-order valence-corrected chi connectivity index (χ4v) is 2.64. The van der Waals surface area contributed by atoms with Crippen molar-refractivity contribution in [2.75, 3.05) is 17.7 Å². The zero-order valence-electron chi connectivity index (χ0n) is 15.7. The van der Waals surface area contributed by atoms with Crippen molar-refractivity contribution in [2.24, 2.45) is 0 Å². The average molecular weight is 375 g/mol. The molecule has 142 valence electrons. The third-order valence-electron chi connectivity index (χ3n) is 4.19. The van der Waals surface area contributed by atoms with Gasteiger partial charge >= 0.3 is 5.97 Å². The van der Waals surface area contributed by atoms with Gasteiger partial charge in [0.25, 0.3) is 5.91 Å². The molecular weight excluding hydrogens is 354 g/mol.